The van der Waals surface area contributed by atoms with E-state index in [-0.39, 0.29) is 0 Å². The molecule has 1 aromatic carbocycles. The first-order chi connectivity index (χ1) is 8.33. The zero-order valence-electron chi connectivity index (χ0n) is 9.48. The normalized spacial score (nSPS) is 20.1. The minimum atomic E-state index is 0.386. The Hall–Kier alpha value is -1.20. The lowest BCUT2D eigenvalue weighted by Gasteiger charge is -2.10. The first-order valence-corrected chi connectivity index (χ1v) is 6.78. The third-order valence-electron chi connectivity index (χ3n) is 3.02. The molecule has 1 aromatic heterocycles. The largest absolute Gasteiger partial charge is 0.398 e. The van der Waals surface area contributed by atoms with Crippen LogP contribution in [0, 0.1) is 0 Å². The molecule has 3 rings (SSSR count). The number of hydrogen-bond donors (Lipinski definition) is 2. The summed E-state index contributed by atoms with van der Waals surface area (Å²) in [6, 6.07) is 4.04. The van der Waals surface area contributed by atoms with Crippen LogP contribution in [0.15, 0.2) is 23.2 Å². The molecule has 1 atom stereocenters. The maximum Gasteiger partial charge on any atom is 0.0669 e. The first kappa shape index (κ1) is 10.9. The van der Waals surface area contributed by atoms with Gasteiger partial charge in [0.05, 0.1) is 17.8 Å². The average Bonchev–Trinajstić information content (AvgIpc) is 2.95. The van der Waals surface area contributed by atoms with Crippen molar-refractivity contribution in [3.8, 4) is 0 Å². The number of hydrogen-bond acceptors (Lipinski definition) is 4. The molecule has 1 saturated heterocycles. The van der Waals surface area contributed by atoms with E-state index in [1.807, 2.05) is 6.07 Å². The van der Waals surface area contributed by atoms with Gasteiger partial charge in [-0.2, -0.15) is 5.10 Å². The standard InChI is InChI=1S/C12H15N3OS/c13-10-4-8-6-14-15-11(8)5-12(10)17-7-9-2-1-3-16-9/h4-6,9H,1-3,7,13H2,(H,14,15). The molecule has 2 heterocycles. The summed E-state index contributed by atoms with van der Waals surface area (Å²) in [5.74, 6) is 0.976. The number of thioether (sulfide) groups is 1. The van der Waals surface area contributed by atoms with Crippen molar-refractivity contribution in [3.63, 3.8) is 0 Å². The molecule has 2 aromatic rings. The number of nitrogens with one attached hydrogen (secondary N) is 1. The summed E-state index contributed by atoms with van der Waals surface area (Å²) in [5.41, 5.74) is 7.88. The maximum atomic E-state index is 6.03. The Bertz CT molecular complexity index is 519. The number of ether oxygens (including phenoxy) is 1. The SMILES string of the molecule is Nc1cc2cn[nH]c2cc1SCC1CCCO1. The van der Waals surface area contributed by atoms with E-state index in [2.05, 4.69) is 16.3 Å². The van der Waals surface area contributed by atoms with Gasteiger partial charge < -0.3 is 10.5 Å². The van der Waals surface area contributed by atoms with E-state index in [1.54, 1.807) is 18.0 Å². The van der Waals surface area contributed by atoms with E-state index in [9.17, 15) is 0 Å². The van der Waals surface area contributed by atoms with Crippen molar-refractivity contribution in [2.24, 2.45) is 0 Å². The van der Waals surface area contributed by atoms with E-state index in [4.69, 9.17) is 10.5 Å². The topological polar surface area (TPSA) is 63.9 Å². The molecule has 1 aliphatic rings. The van der Waals surface area contributed by atoms with Crippen LogP contribution in [0.5, 0.6) is 0 Å². The van der Waals surface area contributed by atoms with Gasteiger partial charge in [0.15, 0.2) is 0 Å². The van der Waals surface area contributed by atoms with Crippen molar-refractivity contribution in [3.05, 3.63) is 18.3 Å². The average molecular weight is 249 g/mol. The van der Waals surface area contributed by atoms with E-state index in [1.165, 1.54) is 12.8 Å². The monoisotopic (exact) mass is 249 g/mol. The maximum absolute atomic E-state index is 6.03. The highest BCUT2D eigenvalue weighted by molar-refractivity contribution is 7.99. The second kappa shape index (κ2) is 4.58. The highest BCUT2D eigenvalue weighted by atomic mass is 32.2. The van der Waals surface area contributed by atoms with Crippen LogP contribution >= 0.6 is 11.8 Å². The van der Waals surface area contributed by atoms with Gasteiger partial charge in [0.25, 0.3) is 0 Å². The van der Waals surface area contributed by atoms with Crippen molar-refractivity contribution >= 4 is 28.4 Å². The molecule has 1 aliphatic heterocycles. The molecular weight excluding hydrogens is 234 g/mol. The molecule has 0 aliphatic carbocycles. The Morgan fingerprint density at radius 2 is 2.47 bits per heavy atom. The van der Waals surface area contributed by atoms with Gasteiger partial charge in [0, 0.05) is 28.3 Å². The molecule has 0 amide bonds. The number of fused-ring (bicyclic) bond motifs is 1. The van der Waals surface area contributed by atoms with Gasteiger partial charge in [-0.15, -0.1) is 11.8 Å². The highest BCUT2D eigenvalue weighted by Crippen LogP contribution is 2.31. The highest BCUT2D eigenvalue weighted by Gasteiger charge is 2.16. The number of rotatable bonds is 3. The van der Waals surface area contributed by atoms with Crippen molar-refractivity contribution in [1.82, 2.24) is 10.2 Å². The predicted molar refractivity (Wildman–Crippen MR) is 70.2 cm³/mol. The number of nitrogens with two attached hydrogens (primary N) is 1. The van der Waals surface area contributed by atoms with Crippen LogP contribution in [0.2, 0.25) is 0 Å². The summed E-state index contributed by atoms with van der Waals surface area (Å²) in [6.07, 6.45) is 4.52. The Kier molecular flexibility index (Phi) is 2.94. The molecule has 90 valence electrons. The Morgan fingerprint density at radius 3 is 3.29 bits per heavy atom. The van der Waals surface area contributed by atoms with Crippen molar-refractivity contribution in [1.29, 1.82) is 0 Å². The molecule has 0 bridgehead atoms. The first-order valence-electron chi connectivity index (χ1n) is 5.80. The van der Waals surface area contributed by atoms with Gasteiger partial charge in [-0.3, -0.25) is 5.10 Å². The Labute approximate surface area is 104 Å². The summed E-state index contributed by atoms with van der Waals surface area (Å²) < 4.78 is 5.61. The minimum absolute atomic E-state index is 0.386. The smallest absolute Gasteiger partial charge is 0.0669 e. The van der Waals surface area contributed by atoms with Gasteiger partial charge in [-0.1, -0.05) is 0 Å². The molecule has 3 N–H and O–H groups in total. The summed E-state index contributed by atoms with van der Waals surface area (Å²) in [7, 11) is 0. The lowest BCUT2D eigenvalue weighted by atomic mass is 10.2. The van der Waals surface area contributed by atoms with Gasteiger partial charge in [0.2, 0.25) is 0 Å². The van der Waals surface area contributed by atoms with Crippen LogP contribution in [-0.2, 0) is 4.74 Å². The number of aromatic nitrogens is 2. The fraction of sp³-hybridized carbons (Fsp3) is 0.417. The second-order valence-corrected chi connectivity index (χ2v) is 5.36. The lowest BCUT2D eigenvalue weighted by molar-refractivity contribution is 0.129. The number of nitrogens with zero attached hydrogens (tertiary/aromatic N) is 1. The van der Waals surface area contributed by atoms with Crippen LogP contribution < -0.4 is 5.73 Å². The number of nitrogen functional groups attached to an aromatic ring is 1. The fourth-order valence-electron chi connectivity index (χ4n) is 2.07. The van der Waals surface area contributed by atoms with Crippen LogP contribution in [0.1, 0.15) is 12.8 Å². The molecule has 4 nitrogen and oxygen atoms in total. The van der Waals surface area contributed by atoms with Crippen LogP contribution in [0.3, 0.4) is 0 Å². The van der Waals surface area contributed by atoms with E-state index >= 15 is 0 Å². The number of benzene rings is 1. The molecule has 1 unspecified atom stereocenters. The molecule has 0 saturated carbocycles. The Balaban J connectivity index is 1.76. The van der Waals surface area contributed by atoms with Gasteiger partial charge in [0.1, 0.15) is 0 Å². The molecule has 0 radical (unpaired) electrons. The minimum Gasteiger partial charge on any atom is -0.398 e. The summed E-state index contributed by atoms with van der Waals surface area (Å²) in [4.78, 5) is 1.11. The second-order valence-electron chi connectivity index (χ2n) is 4.29. The van der Waals surface area contributed by atoms with Crippen LogP contribution in [0.25, 0.3) is 10.9 Å². The quantitative estimate of drug-likeness (QED) is 0.647. The van der Waals surface area contributed by atoms with Crippen molar-refractivity contribution in [2.45, 2.75) is 23.8 Å². The Morgan fingerprint density at radius 1 is 1.53 bits per heavy atom. The molecule has 17 heavy (non-hydrogen) atoms. The summed E-state index contributed by atoms with van der Waals surface area (Å²) in [6.45, 7) is 0.903. The van der Waals surface area contributed by atoms with Gasteiger partial charge in [-0.05, 0) is 25.0 Å². The third-order valence-corrected chi connectivity index (χ3v) is 4.22. The van der Waals surface area contributed by atoms with Gasteiger partial charge in [-0.25, -0.2) is 0 Å². The van der Waals surface area contributed by atoms with Crippen LogP contribution in [-0.4, -0.2) is 28.7 Å². The fourth-order valence-corrected chi connectivity index (χ4v) is 3.13. The lowest BCUT2D eigenvalue weighted by Crippen LogP contribution is -2.07. The van der Waals surface area contributed by atoms with Crippen molar-refractivity contribution < 1.29 is 4.74 Å². The number of H-pyrrole nitrogens is 1. The number of aromatic amines is 1. The van der Waals surface area contributed by atoms with Crippen LogP contribution in [0.4, 0.5) is 5.69 Å². The van der Waals surface area contributed by atoms with Gasteiger partial charge >= 0.3 is 0 Å². The molecule has 1 fully saturated rings. The number of anilines is 1. The summed E-state index contributed by atoms with van der Waals surface area (Å²) >= 11 is 1.76. The van der Waals surface area contributed by atoms with E-state index in [0.29, 0.717) is 6.10 Å². The predicted octanol–water partition coefficient (Wildman–Crippen LogP) is 2.42. The molecule has 0 spiro atoms. The van der Waals surface area contributed by atoms with E-state index in [0.717, 1.165) is 33.8 Å². The van der Waals surface area contributed by atoms with E-state index < -0.39 is 0 Å². The third kappa shape index (κ3) is 2.25. The van der Waals surface area contributed by atoms with Crippen molar-refractivity contribution in [2.75, 3.05) is 18.1 Å². The zero-order valence-corrected chi connectivity index (χ0v) is 10.3. The zero-order chi connectivity index (χ0) is 11.7. The molecule has 5 heteroatoms. The molecular formula is C12H15N3OS. The summed E-state index contributed by atoms with van der Waals surface area (Å²) in [5, 5.41) is 8.03.